The average Bonchev–Trinajstić information content (AvgIpc) is 2.76. The zero-order valence-corrected chi connectivity index (χ0v) is 16.5. The number of rotatable bonds is 10. The number of aromatic nitrogens is 1. The lowest BCUT2D eigenvalue weighted by molar-refractivity contribution is -0.108. The van der Waals surface area contributed by atoms with Crippen LogP contribution in [-0.4, -0.2) is 37.7 Å². The monoisotopic (exact) mass is 390 g/mol. The molecule has 6 nitrogen and oxygen atoms in total. The highest BCUT2D eigenvalue weighted by atomic mass is 16.5. The molecular formula is C23H26N4O2. The maximum absolute atomic E-state index is 10.9. The Labute approximate surface area is 170 Å². The Kier molecular flexibility index (Phi) is 7.05. The molecule has 4 N–H and O–H groups in total. The van der Waals surface area contributed by atoms with E-state index in [2.05, 4.69) is 10.3 Å². The van der Waals surface area contributed by atoms with E-state index in [0.717, 1.165) is 45.2 Å². The van der Waals surface area contributed by atoms with Crippen molar-refractivity contribution in [3.05, 3.63) is 59.8 Å². The van der Waals surface area contributed by atoms with Crippen LogP contribution in [0.1, 0.15) is 17.5 Å². The fraction of sp³-hybridized carbons (Fsp3) is 0.261. The molecule has 0 aliphatic rings. The summed E-state index contributed by atoms with van der Waals surface area (Å²) in [5.74, 6) is 0.839. The molecule has 0 saturated heterocycles. The second-order valence-electron chi connectivity index (χ2n) is 6.94. The third-order valence-electron chi connectivity index (χ3n) is 4.93. The van der Waals surface area contributed by atoms with E-state index in [-0.39, 0.29) is 5.92 Å². The molecule has 0 aliphatic carbocycles. The van der Waals surface area contributed by atoms with Crippen molar-refractivity contribution >= 4 is 23.4 Å². The fourth-order valence-electron chi connectivity index (χ4n) is 3.38. The SMILES string of the molecule is CNCC(CC=O)COc1cc(-c2ccc(C=N)c(CN)c2)cc2ncccc12. The second-order valence-corrected chi connectivity index (χ2v) is 6.94. The number of benzene rings is 2. The molecule has 150 valence electrons. The third kappa shape index (κ3) is 4.85. The van der Waals surface area contributed by atoms with E-state index < -0.39 is 0 Å². The van der Waals surface area contributed by atoms with Gasteiger partial charge in [0.25, 0.3) is 0 Å². The van der Waals surface area contributed by atoms with Gasteiger partial charge in [0.2, 0.25) is 0 Å². The van der Waals surface area contributed by atoms with Crippen molar-refractivity contribution in [2.75, 3.05) is 20.2 Å². The molecule has 1 unspecified atom stereocenters. The standard InChI is InChI=1S/C23H26N4O2/c1-26-14-16(6-8-28)15-29-23-11-19(10-22-21(23)3-2-7-27-22)17-4-5-18(12-24)20(9-17)13-25/h2-5,7-12,16,24,26H,6,13-15,25H2,1H3. The van der Waals surface area contributed by atoms with Crippen LogP contribution in [0.15, 0.2) is 48.7 Å². The maximum Gasteiger partial charge on any atom is 0.129 e. The van der Waals surface area contributed by atoms with Crippen molar-refractivity contribution in [2.45, 2.75) is 13.0 Å². The summed E-state index contributed by atoms with van der Waals surface area (Å²) in [4.78, 5) is 15.4. The van der Waals surface area contributed by atoms with E-state index in [1.807, 2.05) is 49.5 Å². The Hall–Kier alpha value is -3.09. The van der Waals surface area contributed by atoms with Crippen molar-refractivity contribution in [3.63, 3.8) is 0 Å². The molecule has 2 aromatic carbocycles. The Balaban J connectivity index is 2.00. The molecule has 1 aromatic heterocycles. The first-order valence-corrected chi connectivity index (χ1v) is 9.63. The normalized spacial score (nSPS) is 11.9. The number of carbonyl (C=O) groups is 1. The smallest absolute Gasteiger partial charge is 0.129 e. The molecule has 6 heteroatoms. The first-order valence-electron chi connectivity index (χ1n) is 9.63. The number of hydrogen-bond acceptors (Lipinski definition) is 6. The van der Waals surface area contributed by atoms with Crippen LogP contribution in [0, 0.1) is 11.3 Å². The number of nitrogens with two attached hydrogens (primary N) is 1. The van der Waals surface area contributed by atoms with Gasteiger partial charge in [-0.3, -0.25) is 4.98 Å². The molecule has 0 amide bonds. The highest BCUT2D eigenvalue weighted by Crippen LogP contribution is 2.32. The molecule has 0 aliphatic heterocycles. The lowest BCUT2D eigenvalue weighted by Gasteiger charge is -2.17. The van der Waals surface area contributed by atoms with Gasteiger partial charge in [0.15, 0.2) is 0 Å². The largest absolute Gasteiger partial charge is 0.493 e. The molecule has 0 bridgehead atoms. The van der Waals surface area contributed by atoms with E-state index in [1.165, 1.54) is 6.21 Å². The number of hydrogen-bond donors (Lipinski definition) is 3. The van der Waals surface area contributed by atoms with Gasteiger partial charge in [-0.25, -0.2) is 0 Å². The predicted molar refractivity (Wildman–Crippen MR) is 117 cm³/mol. The number of pyridine rings is 1. The molecular weight excluding hydrogens is 364 g/mol. The van der Waals surface area contributed by atoms with E-state index in [1.54, 1.807) is 6.20 Å². The minimum absolute atomic E-state index is 0.101. The van der Waals surface area contributed by atoms with Crippen molar-refractivity contribution < 1.29 is 9.53 Å². The predicted octanol–water partition coefficient (Wildman–Crippen LogP) is 3.16. The topological polar surface area (TPSA) is 101 Å². The number of aldehydes is 1. The summed E-state index contributed by atoms with van der Waals surface area (Å²) in [6.45, 7) is 1.51. The molecule has 1 atom stereocenters. The van der Waals surface area contributed by atoms with Crippen LogP contribution < -0.4 is 15.8 Å². The summed E-state index contributed by atoms with van der Waals surface area (Å²) in [5.41, 5.74) is 10.4. The van der Waals surface area contributed by atoms with Crippen LogP contribution in [0.25, 0.3) is 22.0 Å². The number of nitrogens with zero attached hydrogens (tertiary/aromatic N) is 1. The summed E-state index contributed by atoms with van der Waals surface area (Å²) >= 11 is 0. The van der Waals surface area contributed by atoms with Crippen molar-refractivity contribution in [3.8, 4) is 16.9 Å². The van der Waals surface area contributed by atoms with Crippen LogP contribution in [0.2, 0.25) is 0 Å². The van der Waals surface area contributed by atoms with Gasteiger partial charge in [0, 0.05) is 43.2 Å². The van der Waals surface area contributed by atoms with Gasteiger partial charge in [-0.1, -0.05) is 12.1 Å². The van der Waals surface area contributed by atoms with Crippen molar-refractivity contribution in [2.24, 2.45) is 11.7 Å². The van der Waals surface area contributed by atoms with E-state index in [0.29, 0.717) is 26.1 Å². The first kappa shape index (κ1) is 20.6. The van der Waals surface area contributed by atoms with Crippen LogP contribution in [0.5, 0.6) is 5.75 Å². The van der Waals surface area contributed by atoms with Gasteiger partial charge in [0.1, 0.15) is 12.0 Å². The zero-order valence-electron chi connectivity index (χ0n) is 16.5. The number of fused-ring (bicyclic) bond motifs is 1. The van der Waals surface area contributed by atoms with Crippen LogP contribution in [-0.2, 0) is 11.3 Å². The van der Waals surface area contributed by atoms with Crippen molar-refractivity contribution in [1.82, 2.24) is 10.3 Å². The van der Waals surface area contributed by atoms with Crippen LogP contribution in [0.3, 0.4) is 0 Å². The molecule has 1 heterocycles. The summed E-state index contributed by atoms with van der Waals surface area (Å²) < 4.78 is 6.15. The van der Waals surface area contributed by atoms with E-state index >= 15 is 0 Å². The summed E-state index contributed by atoms with van der Waals surface area (Å²) in [7, 11) is 1.87. The number of nitrogens with one attached hydrogen (secondary N) is 2. The summed E-state index contributed by atoms with van der Waals surface area (Å²) in [6, 6.07) is 13.8. The maximum atomic E-state index is 10.9. The minimum atomic E-state index is 0.101. The van der Waals surface area contributed by atoms with Gasteiger partial charge >= 0.3 is 0 Å². The molecule has 0 saturated carbocycles. The van der Waals surface area contributed by atoms with Gasteiger partial charge in [-0.05, 0) is 59.6 Å². The first-order chi connectivity index (χ1) is 14.2. The zero-order chi connectivity index (χ0) is 20.6. The van der Waals surface area contributed by atoms with Gasteiger partial charge in [0.05, 0.1) is 12.1 Å². The number of ether oxygens (including phenoxy) is 1. The van der Waals surface area contributed by atoms with E-state index in [9.17, 15) is 4.79 Å². The Morgan fingerprint density at radius 2 is 2.10 bits per heavy atom. The Bertz CT molecular complexity index is 1000. The fourth-order valence-corrected chi connectivity index (χ4v) is 3.38. The van der Waals surface area contributed by atoms with Gasteiger partial charge < -0.3 is 26.0 Å². The van der Waals surface area contributed by atoms with Crippen molar-refractivity contribution in [1.29, 1.82) is 5.41 Å². The van der Waals surface area contributed by atoms with Crippen LogP contribution >= 0.6 is 0 Å². The Morgan fingerprint density at radius 3 is 2.83 bits per heavy atom. The molecule has 0 fully saturated rings. The Morgan fingerprint density at radius 1 is 1.24 bits per heavy atom. The second kappa shape index (κ2) is 9.91. The molecule has 0 radical (unpaired) electrons. The average molecular weight is 390 g/mol. The van der Waals surface area contributed by atoms with E-state index in [4.69, 9.17) is 15.9 Å². The highest BCUT2D eigenvalue weighted by molar-refractivity contribution is 5.90. The van der Waals surface area contributed by atoms with Gasteiger partial charge in [-0.2, -0.15) is 0 Å². The summed E-state index contributed by atoms with van der Waals surface area (Å²) in [5, 5.41) is 11.6. The minimum Gasteiger partial charge on any atom is -0.493 e. The van der Waals surface area contributed by atoms with Gasteiger partial charge in [-0.15, -0.1) is 0 Å². The third-order valence-corrected chi connectivity index (χ3v) is 4.93. The molecule has 3 aromatic rings. The molecule has 0 spiro atoms. The lowest BCUT2D eigenvalue weighted by atomic mass is 9.98. The van der Waals surface area contributed by atoms with Crippen LogP contribution in [0.4, 0.5) is 0 Å². The summed E-state index contributed by atoms with van der Waals surface area (Å²) in [6.07, 6.45) is 4.45. The molecule has 3 rings (SSSR count). The highest BCUT2D eigenvalue weighted by Gasteiger charge is 2.13. The lowest BCUT2D eigenvalue weighted by Crippen LogP contribution is -2.24. The number of carbonyl (C=O) groups excluding carboxylic acids is 1. The molecule has 29 heavy (non-hydrogen) atoms. The quantitative estimate of drug-likeness (QED) is 0.365.